The first-order chi connectivity index (χ1) is 6.33. The van der Waals surface area contributed by atoms with Gasteiger partial charge >= 0.3 is 0 Å². The van der Waals surface area contributed by atoms with E-state index in [2.05, 4.69) is 25.9 Å². The molecular weight excluding hydrogens is 232 g/mol. The van der Waals surface area contributed by atoms with Crippen molar-refractivity contribution >= 4 is 33.2 Å². The van der Waals surface area contributed by atoms with E-state index in [0.29, 0.717) is 12.1 Å². The fraction of sp³-hybridized carbons (Fsp3) is 0.111. The fourth-order valence-electron chi connectivity index (χ4n) is 1.22. The van der Waals surface area contributed by atoms with Crippen molar-refractivity contribution in [2.24, 2.45) is 0 Å². The zero-order chi connectivity index (χ0) is 9.26. The summed E-state index contributed by atoms with van der Waals surface area (Å²) in [5.41, 5.74) is 2.89. The number of nitrogens with zero attached hydrogens (tertiary/aromatic N) is 1. The SMILES string of the molecule is O=Cc1nc2ccc(CBr)cc2[nH]1. The minimum Gasteiger partial charge on any atom is -0.336 e. The molecule has 66 valence electrons. The third kappa shape index (κ3) is 1.49. The number of aromatic amines is 1. The lowest BCUT2D eigenvalue weighted by Gasteiger charge is -1.92. The van der Waals surface area contributed by atoms with Crippen LogP contribution in [0.3, 0.4) is 0 Å². The van der Waals surface area contributed by atoms with E-state index in [0.717, 1.165) is 21.9 Å². The number of rotatable bonds is 2. The third-order valence-electron chi connectivity index (χ3n) is 1.83. The van der Waals surface area contributed by atoms with Crippen LogP contribution >= 0.6 is 15.9 Å². The van der Waals surface area contributed by atoms with Crippen LogP contribution in [0.1, 0.15) is 16.2 Å². The molecule has 0 fully saturated rings. The summed E-state index contributed by atoms with van der Waals surface area (Å²) in [6.45, 7) is 0. The highest BCUT2D eigenvalue weighted by Gasteiger charge is 2.01. The highest BCUT2D eigenvalue weighted by molar-refractivity contribution is 9.08. The standard InChI is InChI=1S/C9H7BrN2O/c10-4-6-1-2-7-8(3-6)12-9(5-13)11-7/h1-3,5H,4H2,(H,11,12). The van der Waals surface area contributed by atoms with E-state index in [-0.39, 0.29) is 0 Å². The van der Waals surface area contributed by atoms with Crippen molar-refractivity contribution in [1.29, 1.82) is 0 Å². The first-order valence-electron chi connectivity index (χ1n) is 3.83. The second kappa shape index (κ2) is 3.30. The Bertz CT molecular complexity index is 450. The maximum atomic E-state index is 10.4. The quantitative estimate of drug-likeness (QED) is 0.645. The van der Waals surface area contributed by atoms with Crippen molar-refractivity contribution in [2.45, 2.75) is 5.33 Å². The van der Waals surface area contributed by atoms with E-state index in [1.807, 2.05) is 18.2 Å². The molecule has 0 aliphatic heterocycles. The zero-order valence-electron chi connectivity index (χ0n) is 6.75. The van der Waals surface area contributed by atoms with E-state index >= 15 is 0 Å². The Kier molecular flexibility index (Phi) is 2.14. The summed E-state index contributed by atoms with van der Waals surface area (Å²) in [4.78, 5) is 17.4. The number of imidazole rings is 1. The molecule has 0 saturated carbocycles. The van der Waals surface area contributed by atoms with Crippen LogP contribution in [-0.2, 0) is 5.33 Å². The normalized spacial score (nSPS) is 10.5. The van der Waals surface area contributed by atoms with Crippen molar-refractivity contribution in [2.75, 3.05) is 0 Å². The summed E-state index contributed by atoms with van der Waals surface area (Å²) in [5, 5.41) is 0.804. The second-order valence-corrected chi connectivity index (χ2v) is 3.29. The number of aromatic nitrogens is 2. The lowest BCUT2D eigenvalue weighted by Crippen LogP contribution is -1.79. The summed E-state index contributed by atoms with van der Waals surface area (Å²) in [5.74, 6) is 0.377. The average molecular weight is 239 g/mol. The van der Waals surface area contributed by atoms with E-state index in [1.165, 1.54) is 0 Å². The monoisotopic (exact) mass is 238 g/mol. The Morgan fingerprint density at radius 1 is 1.54 bits per heavy atom. The number of hydrogen-bond acceptors (Lipinski definition) is 2. The fourth-order valence-corrected chi connectivity index (χ4v) is 1.56. The molecular formula is C9H7BrN2O. The van der Waals surface area contributed by atoms with Crippen molar-refractivity contribution in [3.63, 3.8) is 0 Å². The molecule has 13 heavy (non-hydrogen) atoms. The van der Waals surface area contributed by atoms with Gasteiger partial charge in [-0.15, -0.1) is 0 Å². The summed E-state index contributed by atoms with van der Waals surface area (Å²) in [6.07, 6.45) is 0.716. The summed E-state index contributed by atoms with van der Waals surface area (Å²) in [6, 6.07) is 5.85. The Labute approximate surface area is 83.3 Å². The summed E-state index contributed by atoms with van der Waals surface area (Å²) in [7, 11) is 0. The molecule has 1 aromatic heterocycles. The van der Waals surface area contributed by atoms with Gasteiger partial charge in [-0.1, -0.05) is 22.0 Å². The van der Waals surface area contributed by atoms with Crippen molar-refractivity contribution in [3.8, 4) is 0 Å². The van der Waals surface area contributed by atoms with Gasteiger partial charge in [-0.05, 0) is 17.7 Å². The van der Waals surface area contributed by atoms with Gasteiger partial charge in [0.2, 0.25) is 0 Å². The molecule has 0 radical (unpaired) electrons. The molecule has 2 aromatic rings. The molecule has 0 amide bonds. The second-order valence-electron chi connectivity index (χ2n) is 2.73. The van der Waals surface area contributed by atoms with Gasteiger partial charge in [0.15, 0.2) is 12.1 Å². The molecule has 0 atom stereocenters. The highest BCUT2D eigenvalue weighted by Crippen LogP contribution is 2.14. The molecule has 1 aromatic carbocycles. The average Bonchev–Trinajstić information content (AvgIpc) is 2.58. The van der Waals surface area contributed by atoms with Crippen LogP contribution in [0.4, 0.5) is 0 Å². The molecule has 0 aliphatic carbocycles. The topological polar surface area (TPSA) is 45.8 Å². The van der Waals surface area contributed by atoms with Crippen LogP contribution in [0.25, 0.3) is 11.0 Å². The van der Waals surface area contributed by atoms with Crippen molar-refractivity contribution < 1.29 is 4.79 Å². The molecule has 0 unspecified atom stereocenters. The van der Waals surface area contributed by atoms with Crippen LogP contribution < -0.4 is 0 Å². The maximum Gasteiger partial charge on any atom is 0.185 e. The number of alkyl halides is 1. The molecule has 0 saturated heterocycles. The number of hydrogen-bond donors (Lipinski definition) is 1. The largest absolute Gasteiger partial charge is 0.336 e. The Morgan fingerprint density at radius 2 is 2.38 bits per heavy atom. The molecule has 2 rings (SSSR count). The van der Waals surface area contributed by atoms with Gasteiger partial charge in [-0.2, -0.15) is 0 Å². The molecule has 4 heteroatoms. The molecule has 3 nitrogen and oxygen atoms in total. The van der Waals surface area contributed by atoms with Crippen LogP contribution in [0, 0.1) is 0 Å². The van der Waals surface area contributed by atoms with E-state index < -0.39 is 0 Å². The van der Waals surface area contributed by atoms with Crippen LogP contribution in [0.5, 0.6) is 0 Å². The number of fused-ring (bicyclic) bond motifs is 1. The predicted octanol–water partition coefficient (Wildman–Crippen LogP) is 2.27. The van der Waals surface area contributed by atoms with Crippen LogP contribution in [0.2, 0.25) is 0 Å². The molecule has 1 heterocycles. The van der Waals surface area contributed by atoms with Gasteiger partial charge in [-0.3, -0.25) is 4.79 Å². The number of halogens is 1. The summed E-state index contributed by atoms with van der Waals surface area (Å²) < 4.78 is 0. The van der Waals surface area contributed by atoms with Gasteiger partial charge < -0.3 is 4.98 Å². The first kappa shape index (κ1) is 8.44. The van der Waals surface area contributed by atoms with Gasteiger partial charge in [0.25, 0.3) is 0 Å². The van der Waals surface area contributed by atoms with E-state index in [1.54, 1.807) is 0 Å². The van der Waals surface area contributed by atoms with Crippen molar-refractivity contribution in [1.82, 2.24) is 9.97 Å². The molecule has 0 bridgehead atoms. The van der Waals surface area contributed by atoms with Gasteiger partial charge in [0, 0.05) is 5.33 Å². The minimum absolute atomic E-state index is 0.377. The number of H-pyrrole nitrogens is 1. The number of carbonyl (C=O) groups excluding carboxylic acids is 1. The van der Waals surface area contributed by atoms with Gasteiger partial charge in [0.1, 0.15) is 0 Å². The number of aldehydes is 1. The lowest BCUT2D eigenvalue weighted by molar-refractivity contribution is 0.111. The Balaban J connectivity index is 2.63. The van der Waals surface area contributed by atoms with Crippen LogP contribution in [0.15, 0.2) is 18.2 Å². The first-order valence-corrected chi connectivity index (χ1v) is 4.95. The van der Waals surface area contributed by atoms with E-state index in [9.17, 15) is 4.79 Å². The molecule has 0 spiro atoms. The highest BCUT2D eigenvalue weighted by atomic mass is 79.9. The smallest absolute Gasteiger partial charge is 0.185 e. The Hall–Kier alpha value is -1.16. The van der Waals surface area contributed by atoms with Crippen LogP contribution in [-0.4, -0.2) is 16.3 Å². The minimum atomic E-state index is 0.377. The maximum absolute atomic E-state index is 10.4. The predicted molar refractivity (Wildman–Crippen MR) is 54.1 cm³/mol. The zero-order valence-corrected chi connectivity index (χ0v) is 8.34. The molecule has 1 N–H and O–H groups in total. The number of carbonyl (C=O) groups is 1. The van der Waals surface area contributed by atoms with Crippen molar-refractivity contribution in [3.05, 3.63) is 29.6 Å². The van der Waals surface area contributed by atoms with E-state index in [4.69, 9.17) is 0 Å². The van der Waals surface area contributed by atoms with Gasteiger partial charge in [0.05, 0.1) is 11.0 Å². The Morgan fingerprint density at radius 3 is 3.08 bits per heavy atom. The third-order valence-corrected chi connectivity index (χ3v) is 2.48. The lowest BCUT2D eigenvalue weighted by atomic mass is 10.2. The summed E-state index contributed by atoms with van der Waals surface area (Å²) >= 11 is 3.36. The van der Waals surface area contributed by atoms with Gasteiger partial charge in [-0.25, -0.2) is 4.98 Å². The molecule has 0 aliphatic rings. The number of benzene rings is 1. The number of nitrogens with one attached hydrogen (secondary N) is 1.